The smallest absolute Gasteiger partial charge is 0.220 e. The van der Waals surface area contributed by atoms with Crippen molar-refractivity contribution in [3.8, 4) is 11.3 Å². The number of ether oxygens (including phenoxy) is 1. The predicted octanol–water partition coefficient (Wildman–Crippen LogP) is 4.91. The van der Waals surface area contributed by atoms with Crippen LogP contribution in [0, 0.1) is 11.8 Å². The van der Waals surface area contributed by atoms with Gasteiger partial charge >= 0.3 is 0 Å². The summed E-state index contributed by atoms with van der Waals surface area (Å²) in [6, 6.07) is 3.99. The van der Waals surface area contributed by atoms with E-state index in [1.54, 1.807) is 6.20 Å². The van der Waals surface area contributed by atoms with Crippen LogP contribution in [0.4, 0.5) is 11.6 Å². The van der Waals surface area contributed by atoms with Gasteiger partial charge in [0.05, 0.1) is 11.1 Å². The molecular weight excluding hydrogens is 388 g/mol. The van der Waals surface area contributed by atoms with E-state index in [1.807, 2.05) is 18.5 Å². The lowest BCUT2D eigenvalue weighted by molar-refractivity contribution is 0.135. The summed E-state index contributed by atoms with van der Waals surface area (Å²) in [6.07, 6.45) is 9.03. The van der Waals surface area contributed by atoms with Crippen molar-refractivity contribution < 1.29 is 4.74 Å². The molecule has 3 aromatic heterocycles. The molecule has 31 heavy (non-hydrogen) atoms. The highest BCUT2D eigenvalue weighted by molar-refractivity contribution is 6.02. The minimum atomic E-state index is 0.285. The fourth-order valence-corrected chi connectivity index (χ4v) is 3.97. The number of hydrogen-bond donors (Lipinski definition) is 2. The van der Waals surface area contributed by atoms with Gasteiger partial charge in [0.1, 0.15) is 5.65 Å². The van der Waals surface area contributed by atoms with Crippen LogP contribution in [-0.2, 0) is 4.74 Å². The largest absolute Gasteiger partial charge is 0.381 e. The number of H-pyrrole nitrogens is 1. The van der Waals surface area contributed by atoms with Crippen molar-refractivity contribution in [2.45, 2.75) is 47.0 Å². The van der Waals surface area contributed by atoms with Gasteiger partial charge in [-0.05, 0) is 43.2 Å². The van der Waals surface area contributed by atoms with Gasteiger partial charge in [-0.25, -0.2) is 15.0 Å². The summed E-state index contributed by atoms with van der Waals surface area (Å²) >= 11 is 0. The number of fused-ring (bicyclic) bond motifs is 1. The van der Waals surface area contributed by atoms with E-state index in [1.165, 1.54) is 12.1 Å². The Hall–Kier alpha value is -2.67. The van der Waals surface area contributed by atoms with Gasteiger partial charge in [0.15, 0.2) is 0 Å². The molecule has 0 aliphatic carbocycles. The van der Waals surface area contributed by atoms with Crippen LogP contribution < -0.4 is 10.6 Å². The highest BCUT2D eigenvalue weighted by Gasteiger charge is 2.27. The highest BCUT2D eigenvalue weighted by Crippen LogP contribution is 2.37. The second-order valence-corrected chi connectivity index (χ2v) is 8.41. The first-order valence-corrected chi connectivity index (χ1v) is 11.4. The maximum Gasteiger partial charge on any atom is 0.220 e. The lowest BCUT2D eigenvalue weighted by Gasteiger charge is -2.21. The third-order valence-corrected chi connectivity index (χ3v) is 5.71. The predicted molar refractivity (Wildman–Crippen MR) is 128 cm³/mol. The van der Waals surface area contributed by atoms with Crippen LogP contribution in [0.15, 0.2) is 30.7 Å². The first kappa shape index (κ1) is 23.0. The molecule has 0 saturated carbocycles. The van der Waals surface area contributed by atoms with Crippen LogP contribution in [0.1, 0.15) is 47.0 Å². The molecule has 3 aromatic rings. The number of aromatic nitrogens is 4. The van der Waals surface area contributed by atoms with E-state index in [2.05, 4.69) is 58.6 Å². The van der Waals surface area contributed by atoms with E-state index in [0.29, 0.717) is 5.92 Å². The van der Waals surface area contributed by atoms with Crippen molar-refractivity contribution in [3.63, 3.8) is 0 Å². The molecule has 0 aromatic carbocycles. The number of aromatic amines is 1. The molecular formula is C24H36N6O. The third kappa shape index (κ3) is 5.73. The topological polar surface area (TPSA) is 93.0 Å². The van der Waals surface area contributed by atoms with Crippen LogP contribution in [0.5, 0.6) is 0 Å². The molecule has 4 rings (SSSR count). The standard InChI is InChI=1S/C18H22N6.C6H14O/c1-11(2)12-5-8-24(10-12)15-4-7-20-17-16(15)13(9-22-17)14-3-6-21-18(19)23-14;1-3-5-7-6-4-2/h3-4,6-7,9,11-12H,5,8,10H2,1-2H3,(H,20,22)(H2,19,21,23);3-6H2,1-2H3. The SMILES string of the molecule is CC(C)C1CCN(c2ccnc3[nH]cc(-c4ccnc(N)n4)c23)C1.CCCOCCC. The summed E-state index contributed by atoms with van der Waals surface area (Å²) in [6.45, 7) is 12.9. The molecule has 0 spiro atoms. The quantitative estimate of drug-likeness (QED) is 0.524. The number of nitrogens with zero attached hydrogens (tertiary/aromatic N) is 4. The number of rotatable bonds is 7. The van der Waals surface area contributed by atoms with E-state index in [0.717, 1.165) is 67.4 Å². The van der Waals surface area contributed by atoms with Gasteiger partial charge in [-0.2, -0.15) is 0 Å². The second-order valence-electron chi connectivity index (χ2n) is 8.41. The fourth-order valence-electron chi connectivity index (χ4n) is 3.97. The Morgan fingerprint density at radius 1 is 1.16 bits per heavy atom. The van der Waals surface area contributed by atoms with Crippen LogP contribution in [-0.4, -0.2) is 46.2 Å². The summed E-state index contributed by atoms with van der Waals surface area (Å²) in [5.74, 6) is 1.73. The molecule has 7 nitrogen and oxygen atoms in total. The van der Waals surface area contributed by atoms with Gasteiger partial charge in [0.2, 0.25) is 5.95 Å². The molecule has 0 radical (unpaired) electrons. The number of nitrogens with two attached hydrogens (primary N) is 1. The minimum Gasteiger partial charge on any atom is -0.381 e. The molecule has 1 aliphatic heterocycles. The first-order valence-electron chi connectivity index (χ1n) is 11.4. The Morgan fingerprint density at radius 3 is 2.55 bits per heavy atom. The van der Waals surface area contributed by atoms with Crippen molar-refractivity contribution in [1.29, 1.82) is 0 Å². The summed E-state index contributed by atoms with van der Waals surface area (Å²) in [5.41, 5.74) is 9.71. The van der Waals surface area contributed by atoms with Crippen molar-refractivity contribution in [3.05, 3.63) is 30.7 Å². The fraction of sp³-hybridized carbons (Fsp3) is 0.542. The zero-order chi connectivity index (χ0) is 22.2. The van der Waals surface area contributed by atoms with Gasteiger partial charge in [0, 0.05) is 56.1 Å². The van der Waals surface area contributed by atoms with Crippen molar-refractivity contribution in [2.24, 2.45) is 11.8 Å². The monoisotopic (exact) mass is 424 g/mol. The normalized spacial score (nSPS) is 16.0. The Kier molecular flexibility index (Phi) is 8.23. The average molecular weight is 425 g/mol. The number of nitrogens with one attached hydrogen (secondary N) is 1. The molecule has 1 saturated heterocycles. The molecule has 1 fully saturated rings. The highest BCUT2D eigenvalue weighted by atomic mass is 16.5. The molecule has 1 atom stereocenters. The number of anilines is 2. The van der Waals surface area contributed by atoms with Gasteiger partial charge in [-0.3, -0.25) is 0 Å². The lowest BCUT2D eigenvalue weighted by Crippen LogP contribution is -2.21. The molecule has 1 unspecified atom stereocenters. The summed E-state index contributed by atoms with van der Waals surface area (Å²) < 4.78 is 5.13. The van der Waals surface area contributed by atoms with Crippen LogP contribution in [0.2, 0.25) is 0 Å². The molecule has 168 valence electrons. The number of nitrogen functional groups attached to an aromatic ring is 1. The minimum absolute atomic E-state index is 0.285. The zero-order valence-corrected chi connectivity index (χ0v) is 19.3. The van der Waals surface area contributed by atoms with Gasteiger partial charge in [0.25, 0.3) is 0 Å². The Balaban J connectivity index is 0.000000339. The summed E-state index contributed by atoms with van der Waals surface area (Å²) in [4.78, 5) is 18.6. The molecule has 1 aliphatic rings. The molecule has 4 heterocycles. The van der Waals surface area contributed by atoms with Gasteiger partial charge in [-0.15, -0.1) is 0 Å². The number of pyridine rings is 1. The Morgan fingerprint density at radius 2 is 1.90 bits per heavy atom. The summed E-state index contributed by atoms with van der Waals surface area (Å²) in [7, 11) is 0. The van der Waals surface area contributed by atoms with E-state index in [-0.39, 0.29) is 5.95 Å². The molecule has 3 N–H and O–H groups in total. The van der Waals surface area contributed by atoms with Crippen LogP contribution in [0.3, 0.4) is 0 Å². The molecule has 0 amide bonds. The number of hydrogen-bond acceptors (Lipinski definition) is 6. The maximum absolute atomic E-state index is 5.76. The average Bonchev–Trinajstić information content (AvgIpc) is 3.42. The van der Waals surface area contributed by atoms with Crippen LogP contribution in [0.25, 0.3) is 22.3 Å². The first-order chi connectivity index (χ1) is 15.0. The third-order valence-electron chi connectivity index (χ3n) is 5.71. The van der Waals surface area contributed by atoms with Crippen molar-refractivity contribution >= 4 is 22.7 Å². The van der Waals surface area contributed by atoms with Gasteiger partial charge < -0.3 is 20.4 Å². The summed E-state index contributed by atoms with van der Waals surface area (Å²) in [5, 5.41) is 1.11. The maximum atomic E-state index is 5.76. The van der Waals surface area contributed by atoms with Crippen LogP contribution >= 0.6 is 0 Å². The lowest BCUT2D eigenvalue weighted by atomic mass is 9.95. The molecule has 7 heteroatoms. The van der Waals surface area contributed by atoms with E-state index in [9.17, 15) is 0 Å². The van der Waals surface area contributed by atoms with Crippen molar-refractivity contribution in [2.75, 3.05) is 36.9 Å². The van der Waals surface area contributed by atoms with Crippen molar-refractivity contribution in [1.82, 2.24) is 19.9 Å². The van der Waals surface area contributed by atoms with E-state index >= 15 is 0 Å². The van der Waals surface area contributed by atoms with E-state index < -0.39 is 0 Å². The second kappa shape index (κ2) is 11.1. The Bertz CT molecular complexity index is 950. The van der Waals surface area contributed by atoms with E-state index in [4.69, 9.17) is 10.5 Å². The zero-order valence-electron chi connectivity index (χ0n) is 19.3. The Labute approximate surface area is 185 Å². The van der Waals surface area contributed by atoms with Gasteiger partial charge in [-0.1, -0.05) is 27.7 Å². The molecule has 0 bridgehead atoms.